The lowest BCUT2D eigenvalue weighted by molar-refractivity contribution is 0.0939. The van der Waals surface area contributed by atoms with E-state index < -0.39 is 10.0 Å². The highest BCUT2D eigenvalue weighted by Gasteiger charge is 2.15. The lowest BCUT2D eigenvalue weighted by Gasteiger charge is -2.15. The molecule has 9 heteroatoms. The van der Waals surface area contributed by atoms with Crippen molar-refractivity contribution in [3.8, 4) is 0 Å². The number of hydrogen-bond donors (Lipinski definition) is 2. The van der Waals surface area contributed by atoms with Gasteiger partial charge in [-0.15, -0.1) is 0 Å². The Morgan fingerprint density at radius 1 is 1.06 bits per heavy atom. The Labute approximate surface area is 186 Å². The van der Waals surface area contributed by atoms with Crippen LogP contribution in [-0.4, -0.2) is 35.3 Å². The van der Waals surface area contributed by atoms with E-state index in [9.17, 15) is 13.2 Å². The second kappa shape index (κ2) is 8.80. The summed E-state index contributed by atoms with van der Waals surface area (Å²) in [6.45, 7) is 2.43. The van der Waals surface area contributed by atoms with E-state index in [1.165, 1.54) is 6.20 Å². The van der Waals surface area contributed by atoms with Crippen LogP contribution in [0.25, 0.3) is 11.0 Å². The zero-order valence-corrected chi connectivity index (χ0v) is 18.5. The number of carbonyl (C=O) groups excluding carboxylic acids is 1. The molecule has 0 bridgehead atoms. The zero-order chi connectivity index (χ0) is 22.7. The number of hydrogen-bond acceptors (Lipinski definition) is 5. The van der Waals surface area contributed by atoms with E-state index in [4.69, 9.17) is 0 Å². The highest BCUT2D eigenvalue weighted by Crippen LogP contribution is 2.20. The minimum atomic E-state index is -3.38. The van der Waals surface area contributed by atoms with Crippen molar-refractivity contribution in [1.29, 1.82) is 0 Å². The second-order valence-electron chi connectivity index (χ2n) is 7.62. The molecule has 1 amide bonds. The van der Waals surface area contributed by atoms with Gasteiger partial charge in [0.15, 0.2) is 5.65 Å². The summed E-state index contributed by atoms with van der Waals surface area (Å²) in [7, 11) is -3.38. The minimum Gasteiger partial charge on any atom is -0.345 e. The summed E-state index contributed by atoms with van der Waals surface area (Å²) in [5, 5.41) is 8.11. The average Bonchev–Trinajstić information content (AvgIpc) is 3.15. The van der Waals surface area contributed by atoms with Crippen molar-refractivity contribution < 1.29 is 13.2 Å². The molecule has 4 rings (SSSR count). The monoisotopic (exact) mass is 449 g/mol. The Kier molecular flexibility index (Phi) is 5.91. The van der Waals surface area contributed by atoms with Gasteiger partial charge >= 0.3 is 0 Å². The van der Waals surface area contributed by atoms with Gasteiger partial charge in [0.1, 0.15) is 0 Å². The summed E-state index contributed by atoms with van der Waals surface area (Å²) >= 11 is 0. The van der Waals surface area contributed by atoms with Crippen LogP contribution in [0, 0.1) is 0 Å². The van der Waals surface area contributed by atoms with Gasteiger partial charge in [-0.25, -0.2) is 18.1 Å². The topological polar surface area (TPSA) is 106 Å². The van der Waals surface area contributed by atoms with Crippen molar-refractivity contribution in [1.82, 2.24) is 20.1 Å². The van der Waals surface area contributed by atoms with Crippen LogP contribution < -0.4 is 10.0 Å². The smallest absolute Gasteiger partial charge is 0.253 e. The number of rotatable bonds is 7. The van der Waals surface area contributed by atoms with Crippen LogP contribution in [0.2, 0.25) is 0 Å². The molecule has 0 aliphatic heterocycles. The van der Waals surface area contributed by atoms with Crippen molar-refractivity contribution in [2.24, 2.45) is 0 Å². The number of fused-ring (bicyclic) bond motifs is 1. The SMILES string of the molecule is CC(NC(=O)c1cnc2c(cnn2Cc2ccccc2)c1)c1cccc(NS(C)(=O)=O)c1. The first-order valence-electron chi connectivity index (χ1n) is 10.0. The van der Waals surface area contributed by atoms with Gasteiger partial charge in [0.25, 0.3) is 5.91 Å². The maximum atomic E-state index is 12.8. The fourth-order valence-corrected chi connectivity index (χ4v) is 3.97. The molecule has 1 atom stereocenters. The van der Waals surface area contributed by atoms with Crippen LogP contribution in [0.5, 0.6) is 0 Å². The highest BCUT2D eigenvalue weighted by atomic mass is 32.2. The van der Waals surface area contributed by atoms with Crippen molar-refractivity contribution in [3.63, 3.8) is 0 Å². The number of nitrogens with zero attached hydrogens (tertiary/aromatic N) is 3. The molecule has 0 saturated carbocycles. The van der Waals surface area contributed by atoms with Gasteiger partial charge in [-0.1, -0.05) is 42.5 Å². The van der Waals surface area contributed by atoms with Crippen LogP contribution >= 0.6 is 0 Å². The van der Waals surface area contributed by atoms with E-state index in [0.29, 0.717) is 23.4 Å². The molecule has 32 heavy (non-hydrogen) atoms. The van der Waals surface area contributed by atoms with Crippen molar-refractivity contribution >= 4 is 32.7 Å². The van der Waals surface area contributed by atoms with E-state index >= 15 is 0 Å². The molecule has 2 aromatic heterocycles. The Morgan fingerprint density at radius 2 is 1.84 bits per heavy atom. The molecule has 0 fully saturated rings. The Bertz CT molecular complexity index is 1370. The van der Waals surface area contributed by atoms with Crippen molar-refractivity contribution in [3.05, 3.63) is 89.7 Å². The molecule has 0 aliphatic rings. The van der Waals surface area contributed by atoms with Crippen molar-refractivity contribution in [2.75, 3.05) is 11.0 Å². The number of anilines is 1. The molecule has 0 aliphatic carbocycles. The molecule has 0 spiro atoms. The number of nitrogens with one attached hydrogen (secondary N) is 2. The van der Waals surface area contributed by atoms with E-state index in [0.717, 1.165) is 22.8 Å². The van der Waals surface area contributed by atoms with Crippen LogP contribution in [-0.2, 0) is 16.6 Å². The number of sulfonamides is 1. The van der Waals surface area contributed by atoms with Crippen LogP contribution in [0.15, 0.2) is 73.1 Å². The second-order valence-corrected chi connectivity index (χ2v) is 9.37. The third-order valence-corrected chi connectivity index (χ3v) is 5.56. The molecule has 0 radical (unpaired) electrons. The molecule has 0 saturated heterocycles. The van der Waals surface area contributed by atoms with Gasteiger partial charge in [-0.3, -0.25) is 9.52 Å². The predicted molar refractivity (Wildman–Crippen MR) is 124 cm³/mol. The molecular weight excluding hydrogens is 426 g/mol. The first kappa shape index (κ1) is 21.5. The Balaban J connectivity index is 1.49. The molecule has 8 nitrogen and oxygen atoms in total. The zero-order valence-electron chi connectivity index (χ0n) is 17.7. The van der Waals surface area contributed by atoms with E-state index in [1.807, 2.05) is 43.3 Å². The predicted octanol–water partition coefficient (Wildman–Crippen LogP) is 3.34. The third kappa shape index (κ3) is 5.12. The standard InChI is InChI=1S/C23H23N5O3S/c1-16(18-9-6-10-21(12-18)27-32(2,30)31)26-23(29)20-11-19-14-25-28(22(19)24-13-20)15-17-7-4-3-5-8-17/h3-14,16,27H,15H2,1-2H3,(H,26,29). The summed E-state index contributed by atoms with van der Waals surface area (Å²) in [6, 6.07) is 18.3. The fourth-order valence-electron chi connectivity index (χ4n) is 3.42. The van der Waals surface area contributed by atoms with Gasteiger partial charge in [-0.05, 0) is 36.2 Å². The molecule has 2 N–H and O–H groups in total. The quantitative estimate of drug-likeness (QED) is 0.450. The Hall–Kier alpha value is -3.72. The largest absolute Gasteiger partial charge is 0.345 e. The molecule has 4 aromatic rings. The lowest BCUT2D eigenvalue weighted by Crippen LogP contribution is -2.26. The van der Waals surface area contributed by atoms with E-state index in [-0.39, 0.29) is 11.9 Å². The van der Waals surface area contributed by atoms with Crippen LogP contribution in [0.3, 0.4) is 0 Å². The maximum absolute atomic E-state index is 12.8. The summed E-state index contributed by atoms with van der Waals surface area (Å²) in [6.07, 6.45) is 4.33. The first-order valence-corrected chi connectivity index (χ1v) is 11.9. The minimum absolute atomic E-state index is 0.274. The average molecular weight is 450 g/mol. The highest BCUT2D eigenvalue weighted by molar-refractivity contribution is 7.92. The normalized spacial score (nSPS) is 12.4. The van der Waals surface area contributed by atoms with Gasteiger partial charge in [0.05, 0.1) is 30.6 Å². The summed E-state index contributed by atoms with van der Waals surface area (Å²) in [5.41, 5.74) is 3.46. The van der Waals surface area contributed by atoms with Gasteiger partial charge in [0, 0.05) is 17.3 Å². The maximum Gasteiger partial charge on any atom is 0.253 e. The van der Waals surface area contributed by atoms with E-state index in [1.54, 1.807) is 35.1 Å². The molecule has 1 unspecified atom stereocenters. The number of pyridine rings is 1. The Morgan fingerprint density at radius 3 is 2.59 bits per heavy atom. The van der Waals surface area contributed by atoms with Gasteiger partial charge < -0.3 is 5.32 Å². The molecule has 2 heterocycles. The molecule has 2 aromatic carbocycles. The third-order valence-electron chi connectivity index (χ3n) is 4.95. The van der Waals surface area contributed by atoms with E-state index in [2.05, 4.69) is 20.1 Å². The van der Waals surface area contributed by atoms with Crippen LogP contribution in [0.1, 0.15) is 34.5 Å². The first-order chi connectivity index (χ1) is 15.3. The molecular formula is C23H23N5O3S. The summed E-state index contributed by atoms with van der Waals surface area (Å²) in [5.74, 6) is -0.274. The summed E-state index contributed by atoms with van der Waals surface area (Å²) in [4.78, 5) is 17.2. The summed E-state index contributed by atoms with van der Waals surface area (Å²) < 4.78 is 27.2. The van der Waals surface area contributed by atoms with Crippen LogP contribution in [0.4, 0.5) is 5.69 Å². The van der Waals surface area contributed by atoms with Gasteiger partial charge in [-0.2, -0.15) is 5.10 Å². The number of benzene rings is 2. The fraction of sp³-hybridized carbons (Fsp3) is 0.174. The van der Waals surface area contributed by atoms with Gasteiger partial charge in [0.2, 0.25) is 10.0 Å². The number of amides is 1. The molecule has 164 valence electrons. The number of aromatic nitrogens is 3. The lowest BCUT2D eigenvalue weighted by atomic mass is 10.1. The number of carbonyl (C=O) groups is 1. The van der Waals surface area contributed by atoms with Crippen molar-refractivity contribution in [2.45, 2.75) is 19.5 Å².